The van der Waals surface area contributed by atoms with Crippen LogP contribution in [0.15, 0.2) is 36.7 Å². The first-order chi connectivity index (χ1) is 15.2. The maximum absolute atomic E-state index is 12.4. The zero-order chi connectivity index (χ0) is 21.9. The molecule has 1 heterocycles. The Morgan fingerprint density at radius 2 is 1.55 bits per heavy atom. The van der Waals surface area contributed by atoms with Crippen LogP contribution in [0.1, 0.15) is 90.0 Å². The topological polar surface area (TPSA) is 52.1 Å². The van der Waals surface area contributed by atoms with Crippen molar-refractivity contribution in [2.75, 3.05) is 0 Å². The van der Waals surface area contributed by atoms with E-state index in [0.29, 0.717) is 17.5 Å². The number of carbonyl (C=O) groups excluding carboxylic acids is 1. The molecular formula is C27H38N2O2. The van der Waals surface area contributed by atoms with Crippen LogP contribution >= 0.6 is 0 Å². The van der Waals surface area contributed by atoms with Crippen molar-refractivity contribution in [1.29, 1.82) is 0 Å². The highest BCUT2D eigenvalue weighted by Gasteiger charge is 2.35. The number of aryl methyl sites for hydroxylation is 1. The van der Waals surface area contributed by atoms with Gasteiger partial charge in [-0.15, -0.1) is 0 Å². The molecule has 0 bridgehead atoms. The fourth-order valence-electron chi connectivity index (χ4n) is 4.28. The Hall–Kier alpha value is -2.23. The SMILES string of the molecule is CCCCCCCc1cnc(-c2ccc(OC(=O)C3CC(CCCCC)C3)cc2)nc1. The molecular weight excluding hydrogens is 384 g/mol. The number of rotatable bonds is 13. The number of hydrogen-bond acceptors (Lipinski definition) is 4. The van der Waals surface area contributed by atoms with Gasteiger partial charge in [0.1, 0.15) is 5.75 Å². The van der Waals surface area contributed by atoms with Gasteiger partial charge in [-0.05, 0) is 61.4 Å². The highest BCUT2D eigenvalue weighted by atomic mass is 16.5. The Balaban J connectivity index is 1.42. The molecule has 0 aliphatic heterocycles. The van der Waals surface area contributed by atoms with Crippen molar-refractivity contribution in [3.8, 4) is 17.1 Å². The molecule has 2 aromatic rings. The zero-order valence-electron chi connectivity index (χ0n) is 19.3. The van der Waals surface area contributed by atoms with Crippen molar-refractivity contribution in [1.82, 2.24) is 9.97 Å². The largest absolute Gasteiger partial charge is 0.426 e. The lowest BCUT2D eigenvalue weighted by molar-refractivity contribution is -0.143. The van der Waals surface area contributed by atoms with Crippen LogP contribution in [-0.4, -0.2) is 15.9 Å². The average molecular weight is 423 g/mol. The van der Waals surface area contributed by atoms with Crippen LogP contribution in [0.3, 0.4) is 0 Å². The summed E-state index contributed by atoms with van der Waals surface area (Å²) < 4.78 is 5.59. The summed E-state index contributed by atoms with van der Waals surface area (Å²) in [7, 11) is 0. The Labute approximate surface area is 187 Å². The minimum absolute atomic E-state index is 0.0733. The van der Waals surface area contributed by atoms with E-state index < -0.39 is 0 Å². The lowest BCUT2D eigenvalue weighted by atomic mass is 9.72. The number of ether oxygens (including phenoxy) is 1. The molecule has 1 aliphatic rings. The number of nitrogens with zero attached hydrogens (tertiary/aromatic N) is 2. The molecule has 3 rings (SSSR count). The quantitative estimate of drug-likeness (QED) is 0.195. The number of hydrogen-bond donors (Lipinski definition) is 0. The summed E-state index contributed by atoms with van der Waals surface area (Å²) in [6.07, 6.45) is 18.3. The standard InChI is InChI=1S/C27H38N2O2/c1-3-5-7-8-10-12-22-19-28-26(29-20-22)23-13-15-25(16-14-23)31-27(30)24-17-21(18-24)11-9-6-4-2/h13-16,19-21,24H,3-12,17-18H2,1-2H3. The summed E-state index contributed by atoms with van der Waals surface area (Å²) >= 11 is 0. The molecule has 0 N–H and O–H groups in total. The van der Waals surface area contributed by atoms with Gasteiger partial charge in [-0.2, -0.15) is 0 Å². The van der Waals surface area contributed by atoms with Crippen LogP contribution in [-0.2, 0) is 11.2 Å². The molecule has 0 saturated heterocycles. The fraction of sp³-hybridized carbons (Fsp3) is 0.593. The predicted octanol–water partition coefficient (Wildman–Crippen LogP) is 7.17. The maximum atomic E-state index is 12.4. The van der Waals surface area contributed by atoms with E-state index in [1.54, 1.807) is 0 Å². The lowest BCUT2D eigenvalue weighted by Gasteiger charge is -2.33. The molecule has 1 saturated carbocycles. The molecule has 0 radical (unpaired) electrons. The summed E-state index contributed by atoms with van der Waals surface area (Å²) in [4.78, 5) is 21.4. The third-order valence-electron chi connectivity index (χ3n) is 6.39. The van der Waals surface area contributed by atoms with Crippen molar-refractivity contribution in [2.45, 2.75) is 90.9 Å². The molecule has 0 amide bonds. The van der Waals surface area contributed by atoms with Crippen LogP contribution in [0, 0.1) is 11.8 Å². The average Bonchev–Trinajstić information content (AvgIpc) is 2.76. The number of benzene rings is 1. The second-order valence-electron chi connectivity index (χ2n) is 9.05. The third kappa shape index (κ3) is 7.45. The maximum Gasteiger partial charge on any atom is 0.314 e. The summed E-state index contributed by atoms with van der Waals surface area (Å²) in [5.74, 6) is 2.01. The van der Waals surface area contributed by atoms with E-state index in [4.69, 9.17) is 4.74 Å². The highest BCUT2D eigenvalue weighted by Crippen LogP contribution is 2.38. The molecule has 4 nitrogen and oxygen atoms in total. The molecule has 0 spiro atoms. The molecule has 31 heavy (non-hydrogen) atoms. The van der Waals surface area contributed by atoms with E-state index in [1.165, 1.54) is 63.4 Å². The van der Waals surface area contributed by atoms with Crippen molar-refractivity contribution in [3.05, 3.63) is 42.2 Å². The van der Waals surface area contributed by atoms with Crippen molar-refractivity contribution < 1.29 is 9.53 Å². The van der Waals surface area contributed by atoms with Crippen molar-refractivity contribution in [3.63, 3.8) is 0 Å². The van der Waals surface area contributed by atoms with E-state index in [9.17, 15) is 4.79 Å². The summed E-state index contributed by atoms with van der Waals surface area (Å²) in [5, 5.41) is 0. The van der Waals surface area contributed by atoms with Crippen LogP contribution in [0.2, 0.25) is 0 Å². The van der Waals surface area contributed by atoms with E-state index in [1.807, 2.05) is 36.7 Å². The number of carbonyl (C=O) groups is 1. The fourth-order valence-corrected chi connectivity index (χ4v) is 4.28. The predicted molar refractivity (Wildman–Crippen MR) is 126 cm³/mol. The van der Waals surface area contributed by atoms with E-state index in [0.717, 1.165) is 24.8 Å². The first-order valence-corrected chi connectivity index (χ1v) is 12.3. The van der Waals surface area contributed by atoms with Gasteiger partial charge in [0.25, 0.3) is 0 Å². The second-order valence-corrected chi connectivity index (χ2v) is 9.05. The van der Waals surface area contributed by atoms with E-state index >= 15 is 0 Å². The minimum atomic E-state index is -0.0842. The summed E-state index contributed by atoms with van der Waals surface area (Å²) in [6.45, 7) is 4.46. The first-order valence-electron chi connectivity index (χ1n) is 12.3. The molecule has 0 unspecified atom stereocenters. The Bertz CT molecular complexity index is 780. The second kappa shape index (κ2) is 12.6. The highest BCUT2D eigenvalue weighted by molar-refractivity contribution is 5.76. The number of unbranched alkanes of at least 4 members (excludes halogenated alkanes) is 6. The van der Waals surface area contributed by atoms with Gasteiger partial charge in [0, 0.05) is 18.0 Å². The molecule has 0 atom stereocenters. The van der Waals surface area contributed by atoms with Gasteiger partial charge in [0.15, 0.2) is 5.82 Å². The van der Waals surface area contributed by atoms with Crippen LogP contribution in [0.25, 0.3) is 11.4 Å². The van der Waals surface area contributed by atoms with Gasteiger partial charge in [0.2, 0.25) is 0 Å². The van der Waals surface area contributed by atoms with Gasteiger partial charge in [-0.25, -0.2) is 9.97 Å². The summed E-state index contributed by atoms with van der Waals surface area (Å²) in [6, 6.07) is 7.54. The minimum Gasteiger partial charge on any atom is -0.426 e. The van der Waals surface area contributed by atoms with Gasteiger partial charge >= 0.3 is 5.97 Å². The Kier molecular flexibility index (Phi) is 9.51. The van der Waals surface area contributed by atoms with Crippen LogP contribution in [0.4, 0.5) is 0 Å². The Morgan fingerprint density at radius 3 is 2.23 bits per heavy atom. The molecule has 1 aliphatic carbocycles. The lowest BCUT2D eigenvalue weighted by Crippen LogP contribution is -2.33. The van der Waals surface area contributed by atoms with E-state index in [-0.39, 0.29) is 11.9 Å². The van der Waals surface area contributed by atoms with E-state index in [2.05, 4.69) is 23.8 Å². The van der Waals surface area contributed by atoms with Gasteiger partial charge in [0.05, 0.1) is 5.92 Å². The zero-order valence-corrected chi connectivity index (χ0v) is 19.3. The number of aromatic nitrogens is 2. The Morgan fingerprint density at radius 1 is 0.903 bits per heavy atom. The smallest absolute Gasteiger partial charge is 0.314 e. The number of esters is 1. The van der Waals surface area contributed by atoms with Gasteiger partial charge in [-0.3, -0.25) is 4.79 Å². The van der Waals surface area contributed by atoms with Crippen LogP contribution < -0.4 is 4.74 Å². The normalized spacial score (nSPS) is 17.9. The van der Waals surface area contributed by atoms with Gasteiger partial charge < -0.3 is 4.74 Å². The molecule has 1 aromatic heterocycles. The monoisotopic (exact) mass is 422 g/mol. The molecule has 4 heteroatoms. The third-order valence-corrected chi connectivity index (χ3v) is 6.39. The van der Waals surface area contributed by atoms with Gasteiger partial charge in [-0.1, -0.05) is 65.2 Å². The molecule has 1 fully saturated rings. The van der Waals surface area contributed by atoms with Crippen LogP contribution in [0.5, 0.6) is 5.75 Å². The molecule has 1 aromatic carbocycles. The van der Waals surface area contributed by atoms with Crippen molar-refractivity contribution in [2.24, 2.45) is 11.8 Å². The van der Waals surface area contributed by atoms with Crippen molar-refractivity contribution >= 4 is 5.97 Å². The first kappa shape index (κ1) is 23.4. The molecule has 168 valence electrons. The summed E-state index contributed by atoms with van der Waals surface area (Å²) in [5.41, 5.74) is 2.13.